The Labute approximate surface area is 188 Å². The van der Waals surface area contributed by atoms with Gasteiger partial charge in [0.25, 0.3) is 0 Å². The summed E-state index contributed by atoms with van der Waals surface area (Å²) in [5.41, 5.74) is 3.17. The first-order valence-electron chi connectivity index (χ1n) is 11.4. The van der Waals surface area contributed by atoms with E-state index < -0.39 is 12.0 Å². The third kappa shape index (κ3) is 4.40. The third-order valence-electron chi connectivity index (χ3n) is 6.27. The summed E-state index contributed by atoms with van der Waals surface area (Å²) in [6.07, 6.45) is 7.01. The van der Waals surface area contributed by atoms with Crippen LogP contribution in [0, 0.1) is 6.92 Å². The Hall–Kier alpha value is -3.16. The molecule has 0 radical (unpaired) electrons. The van der Waals surface area contributed by atoms with E-state index in [0.717, 1.165) is 36.8 Å². The molecule has 1 aromatic heterocycles. The summed E-state index contributed by atoms with van der Waals surface area (Å²) in [5, 5.41) is 7.58. The van der Waals surface area contributed by atoms with Crippen molar-refractivity contribution in [1.29, 1.82) is 0 Å². The van der Waals surface area contributed by atoms with Gasteiger partial charge in [-0.05, 0) is 39.2 Å². The number of nitrogens with zero attached hydrogens (tertiary/aromatic N) is 4. The minimum atomic E-state index is -0.468. The molecule has 32 heavy (non-hydrogen) atoms. The molecule has 1 aliphatic heterocycles. The van der Waals surface area contributed by atoms with Crippen molar-refractivity contribution in [3.05, 3.63) is 53.0 Å². The van der Waals surface area contributed by atoms with Crippen LogP contribution in [0.1, 0.15) is 63.1 Å². The molecule has 8 nitrogen and oxygen atoms in total. The van der Waals surface area contributed by atoms with E-state index in [1.54, 1.807) is 16.5 Å². The molecule has 1 atom stereocenters. The second-order valence-electron chi connectivity index (χ2n) is 8.53. The zero-order chi connectivity index (χ0) is 22.7. The number of esters is 1. The van der Waals surface area contributed by atoms with Crippen molar-refractivity contribution >= 4 is 17.8 Å². The number of hydrogen-bond donors (Lipinski definition) is 1. The highest BCUT2D eigenvalue weighted by atomic mass is 16.5. The molecule has 1 N–H and O–H groups in total. The normalized spacial score (nSPS) is 19.0. The lowest BCUT2D eigenvalue weighted by Crippen LogP contribution is -2.45. The number of anilines is 1. The number of carbonyl (C=O) groups excluding carboxylic acids is 2. The smallest absolute Gasteiger partial charge is 0.338 e. The van der Waals surface area contributed by atoms with Crippen molar-refractivity contribution in [1.82, 2.24) is 20.1 Å². The highest BCUT2D eigenvalue weighted by Gasteiger charge is 2.38. The summed E-state index contributed by atoms with van der Waals surface area (Å²) < 4.78 is 7.11. The minimum Gasteiger partial charge on any atom is -0.463 e. The van der Waals surface area contributed by atoms with Gasteiger partial charge in [-0.15, -0.1) is 0 Å². The van der Waals surface area contributed by atoms with Gasteiger partial charge in [-0.1, -0.05) is 49.1 Å². The summed E-state index contributed by atoms with van der Waals surface area (Å²) in [7, 11) is 0. The lowest BCUT2D eigenvalue weighted by Gasteiger charge is -2.35. The predicted octanol–water partition coefficient (Wildman–Crippen LogP) is 3.28. The van der Waals surface area contributed by atoms with E-state index in [4.69, 9.17) is 4.74 Å². The molecule has 0 unspecified atom stereocenters. The van der Waals surface area contributed by atoms with Crippen LogP contribution in [-0.2, 0) is 14.3 Å². The average Bonchev–Trinajstić information content (AvgIpc) is 3.26. The van der Waals surface area contributed by atoms with Gasteiger partial charge < -0.3 is 15.0 Å². The first kappa shape index (κ1) is 22.0. The highest BCUT2D eigenvalue weighted by molar-refractivity contribution is 5.93. The number of nitrogens with one attached hydrogen (secondary N) is 1. The van der Waals surface area contributed by atoms with Gasteiger partial charge in [-0.25, -0.2) is 9.48 Å². The molecule has 2 heterocycles. The van der Waals surface area contributed by atoms with Gasteiger partial charge in [0.2, 0.25) is 11.9 Å². The van der Waals surface area contributed by atoms with Crippen molar-refractivity contribution in [2.45, 2.75) is 65.0 Å². The molecular weight excluding hydrogens is 406 g/mol. The molecule has 1 amide bonds. The van der Waals surface area contributed by atoms with Gasteiger partial charge in [0.15, 0.2) is 0 Å². The van der Waals surface area contributed by atoms with Crippen molar-refractivity contribution in [2.24, 2.45) is 0 Å². The molecule has 1 saturated carbocycles. The van der Waals surface area contributed by atoms with Crippen molar-refractivity contribution in [3.63, 3.8) is 0 Å². The van der Waals surface area contributed by atoms with E-state index in [-0.39, 0.29) is 25.1 Å². The van der Waals surface area contributed by atoms with E-state index in [1.165, 1.54) is 12.7 Å². The summed E-state index contributed by atoms with van der Waals surface area (Å²) in [4.78, 5) is 32.2. The quantitative estimate of drug-likeness (QED) is 0.698. The third-order valence-corrected chi connectivity index (χ3v) is 6.27. The van der Waals surface area contributed by atoms with Crippen LogP contribution in [-0.4, -0.2) is 45.8 Å². The summed E-state index contributed by atoms with van der Waals surface area (Å²) in [5.74, 6) is 0.0529. The Balaban J connectivity index is 1.69. The Kier molecular flexibility index (Phi) is 6.58. The van der Waals surface area contributed by atoms with Crippen LogP contribution in [0.2, 0.25) is 0 Å². The molecule has 8 heteroatoms. The first-order valence-corrected chi connectivity index (χ1v) is 11.4. The maximum Gasteiger partial charge on any atom is 0.338 e. The number of allylic oxidation sites excluding steroid dienone is 1. The lowest BCUT2D eigenvalue weighted by atomic mass is 9.94. The number of fused-ring (bicyclic) bond motifs is 1. The molecule has 0 bridgehead atoms. The molecule has 1 aromatic carbocycles. The van der Waals surface area contributed by atoms with E-state index in [1.807, 2.05) is 38.1 Å². The van der Waals surface area contributed by atoms with Crippen LogP contribution >= 0.6 is 0 Å². The van der Waals surface area contributed by atoms with E-state index >= 15 is 0 Å². The summed E-state index contributed by atoms with van der Waals surface area (Å²) >= 11 is 0. The molecule has 4 rings (SSSR count). The molecule has 1 aliphatic carbocycles. The van der Waals surface area contributed by atoms with Crippen LogP contribution in [0.25, 0.3) is 0 Å². The fourth-order valence-corrected chi connectivity index (χ4v) is 4.61. The number of ether oxygens (including phenoxy) is 1. The maximum atomic E-state index is 13.1. The highest BCUT2D eigenvalue weighted by Crippen LogP contribution is 2.38. The van der Waals surface area contributed by atoms with Gasteiger partial charge in [0.05, 0.1) is 12.2 Å². The van der Waals surface area contributed by atoms with Gasteiger partial charge in [-0.2, -0.15) is 10.1 Å². The SMILES string of the molecule is CCOC(=O)C1=C(C)N(CC(=O)NC2CCCCC2)c2ncnn2[C@@H]1c1ccc(C)cc1. The molecule has 2 aliphatic rings. The standard InChI is InChI=1S/C24H31N5O3/c1-4-32-23(31)21-17(3)28(14-20(30)27-19-8-6-5-7-9-19)24-25-15-26-29(24)22(21)18-12-10-16(2)11-13-18/h10-13,15,19,22H,4-9,14H2,1-3H3,(H,27,30)/t22-/m1/s1. The van der Waals surface area contributed by atoms with Crippen LogP contribution in [0.5, 0.6) is 0 Å². The Bertz CT molecular complexity index is 1000. The van der Waals surface area contributed by atoms with Crippen LogP contribution in [0.4, 0.5) is 5.95 Å². The van der Waals surface area contributed by atoms with Crippen molar-refractivity contribution in [2.75, 3.05) is 18.1 Å². The van der Waals surface area contributed by atoms with E-state index in [9.17, 15) is 9.59 Å². The maximum absolute atomic E-state index is 13.1. The zero-order valence-corrected chi connectivity index (χ0v) is 19.0. The molecular formula is C24H31N5O3. The summed E-state index contributed by atoms with van der Waals surface area (Å²) in [6, 6.07) is 7.74. The number of aromatic nitrogens is 3. The van der Waals surface area contributed by atoms with E-state index in [0.29, 0.717) is 17.2 Å². The van der Waals surface area contributed by atoms with Crippen LogP contribution in [0.15, 0.2) is 41.9 Å². The average molecular weight is 438 g/mol. The first-order chi connectivity index (χ1) is 15.5. The van der Waals surface area contributed by atoms with Crippen molar-refractivity contribution in [3.8, 4) is 0 Å². The van der Waals surface area contributed by atoms with Crippen LogP contribution < -0.4 is 10.2 Å². The lowest BCUT2D eigenvalue weighted by molar-refractivity contribution is -0.139. The molecule has 0 spiro atoms. The van der Waals surface area contributed by atoms with Gasteiger partial charge >= 0.3 is 5.97 Å². The van der Waals surface area contributed by atoms with Gasteiger partial charge in [-0.3, -0.25) is 4.79 Å². The second-order valence-corrected chi connectivity index (χ2v) is 8.53. The number of benzene rings is 1. The number of aryl methyl sites for hydroxylation is 1. The van der Waals surface area contributed by atoms with Crippen molar-refractivity contribution < 1.29 is 14.3 Å². The van der Waals surface area contributed by atoms with Crippen LogP contribution in [0.3, 0.4) is 0 Å². The zero-order valence-electron chi connectivity index (χ0n) is 19.0. The Morgan fingerprint density at radius 1 is 1.12 bits per heavy atom. The molecule has 170 valence electrons. The number of hydrogen-bond acceptors (Lipinski definition) is 6. The molecule has 1 fully saturated rings. The number of amides is 1. The fraction of sp³-hybridized carbons (Fsp3) is 0.500. The predicted molar refractivity (Wildman–Crippen MR) is 121 cm³/mol. The Morgan fingerprint density at radius 3 is 2.53 bits per heavy atom. The molecule has 2 aromatic rings. The largest absolute Gasteiger partial charge is 0.463 e. The monoisotopic (exact) mass is 437 g/mol. The summed E-state index contributed by atoms with van der Waals surface area (Å²) in [6.45, 7) is 5.99. The Morgan fingerprint density at radius 2 is 1.84 bits per heavy atom. The number of rotatable bonds is 6. The van der Waals surface area contributed by atoms with Gasteiger partial charge in [0, 0.05) is 11.7 Å². The molecule has 0 saturated heterocycles. The second kappa shape index (κ2) is 9.54. The van der Waals surface area contributed by atoms with E-state index in [2.05, 4.69) is 15.4 Å². The minimum absolute atomic E-state index is 0.0740. The van der Waals surface area contributed by atoms with Gasteiger partial charge in [0.1, 0.15) is 18.9 Å². The fourth-order valence-electron chi connectivity index (χ4n) is 4.61. The number of carbonyl (C=O) groups is 2. The topological polar surface area (TPSA) is 89.3 Å².